The van der Waals surface area contributed by atoms with E-state index in [1.807, 2.05) is 29.2 Å². The lowest BCUT2D eigenvalue weighted by atomic mass is 9.91. The molecule has 0 radical (unpaired) electrons. The van der Waals surface area contributed by atoms with Gasteiger partial charge in [0.2, 0.25) is 0 Å². The molecule has 0 bridgehead atoms. The number of carbonyl (C=O) groups is 1. The van der Waals surface area contributed by atoms with Crippen LogP contribution in [0.25, 0.3) is 0 Å². The highest BCUT2D eigenvalue weighted by Gasteiger charge is 2.29. The first-order valence-electron chi connectivity index (χ1n) is 7.03. The minimum atomic E-state index is 0.167. The Morgan fingerprint density at radius 1 is 1.05 bits per heavy atom. The molecule has 4 heteroatoms. The number of nitrogens with zero attached hydrogens (tertiary/aromatic N) is 2. The Bertz CT molecular complexity index is 448. The van der Waals surface area contributed by atoms with Crippen LogP contribution in [0.5, 0.6) is 0 Å². The largest absolute Gasteiger partial charge is 0.336 e. The number of halogens is 1. The maximum absolute atomic E-state index is 12.4. The van der Waals surface area contributed by atoms with Crippen molar-refractivity contribution in [3.05, 3.63) is 34.3 Å². The van der Waals surface area contributed by atoms with E-state index in [9.17, 15) is 4.79 Å². The maximum atomic E-state index is 12.4. The van der Waals surface area contributed by atoms with Gasteiger partial charge in [-0.25, -0.2) is 0 Å². The molecule has 1 aromatic rings. The molecule has 3 nitrogen and oxygen atoms in total. The van der Waals surface area contributed by atoms with Crippen LogP contribution in [0.15, 0.2) is 28.7 Å². The minimum Gasteiger partial charge on any atom is -0.336 e. The highest BCUT2D eigenvalue weighted by Crippen LogP contribution is 2.25. The van der Waals surface area contributed by atoms with Crippen molar-refractivity contribution < 1.29 is 4.79 Å². The minimum absolute atomic E-state index is 0.167. The third-order valence-corrected chi connectivity index (χ3v) is 4.81. The molecule has 0 N–H and O–H groups in total. The summed E-state index contributed by atoms with van der Waals surface area (Å²) in [6.45, 7) is 3.80. The van der Waals surface area contributed by atoms with Crippen LogP contribution >= 0.6 is 15.9 Å². The second kappa shape index (κ2) is 5.63. The van der Waals surface area contributed by atoms with E-state index in [-0.39, 0.29) is 5.91 Å². The summed E-state index contributed by atoms with van der Waals surface area (Å²) in [4.78, 5) is 16.9. The van der Waals surface area contributed by atoms with Gasteiger partial charge < -0.3 is 4.90 Å². The Kier molecular flexibility index (Phi) is 3.89. The van der Waals surface area contributed by atoms with E-state index < -0.39 is 0 Å². The summed E-state index contributed by atoms with van der Waals surface area (Å²) < 4.78 is 1.01. The summed E-state index contributed by atoms with van der Waals surface area (Å²) in [6, 6.07) is 8.44. The molecule has 2 aliphatic rings. The van der Waals surface area contributed by atoms with Crippen molar-refractivity contribution in [2.45, 2.75) is 25.3 Å². The predicted molar refractivity (Wildman–Crippen MR) is 79.3 cm³/mol. The Labute approximate surface area is 122 Å². The van der Waals surface area contributed by atoms with E-state index in [0.29, 0.717) is 0 Å². The van der Waals surface area contributed by atoms with Gasteiger partial charge in [-0.15, -0.1) is 0 Å². The topological polar surface area (TPSA) is 23.6 Å². The zero-order valence-corrected chi connectivity index (χ0v) is 12.6. The van der Waals surface area contributed by atoms with E-state index in [4.69, 9.17) is 0 Å². The molecular formula is C15H19BrN2O. The molecular weight excluding hydrogens is 304 g/mol. The van der Waals surface area contributed by atoms with Crippen molar-refractivity contribution in [3.63, 3.8) is 0 Å². The Morgan fingerprint density at radius 2 is 1.68 bits per heavy atom. The summed E-state index contributed by atoms with van der Waals surface area (Å²) in [6.07, 6.45) is 4.07. The lowest BCUT2D eigenvalue weighted by Crippen LogP contribution is -2.53. The van der Waals surface area contributed by atoms with Crippen LogP contribution in [0.2, 0.25) is 0 Å². The first-order valence-corrected chi connectivity index (χ1v) is 7.82. The number of hydrogen-bond donors (Lipinski definition) is 0. The molecule has 102 valence electrons. The van der Waals surface area contributed by atoms with Crippen LogP contribution in [-0.2, 0) is 0 Å². The van der Waals surface area contributed by atoms with Gasteiger partial charge in [0.15, 0.2) is 0 Å². The monoisotopic (exact) mass is 322 g/mol. The Hall–Kier alpha value is -0.870. The van der Waals surface area contributed by atoms with Gasteiger partial charge in [0.1, 0.15) is 0 Å². The van der Waals surface area contributed by atoms with Crippen molar-refractivity contribution in [1.82, 2.24) is 9.80 Å². The zero-order chi connectivity index (χ0) is 13.2. The van der Waals surface area contributed by atoms with Crippen LogP contribution in [0.4, 0.5) is 0 Å². The summed E-state index contributed by atoms with van der Waals surface area (Å²) in [5.41, 5.74) is 0.792. The first kappa shape index (κ1) is 13.1. The standard InChI is InChI=1S/C15H19BrN2O/c16-13-6-4-12(5-7-13)15(19)18-10-8-17(9-11-18)14-2-1-3-14/h4-7,14H,1-3,8-11H2. The van der Waals surface area contributed by atoms with Crippen LogP contribution < -0.4 is 0 Å². The molecule has 0 atom stereocenters. The third-order valence-electron chi connectivity index (χ3n) is 4.28. The fourth-order valence-electron chi connectivity index (χ4n) is 2.82. The normalized spacial score (nSPS) is 21.2. The molecule has 1 saturated heterocycles. The maximum Gasteiger partial charge on any atom is 0.253 e. The number of hydrogen-bond acceptors (Lipinski definition) is 2. The van der Waals surface area contributed by atoms with E-state index in [1.54, 1.807) is 0 Å². The fourth-order valence-corrected chi connectivity index (χ4v) is 3.08. The second-order valence-corrected chi connectivity index (χ2v) is 6.34. The van der Waals surface area contributed by atoms with E-state index in [1.165, 1.54) is 19.3 Å². The van der Waals surface area contributed by atoms with Gasteiger partial charge in [0, 0.05) is 42.3 Å². The van der Waals surface area contributed by atoms with Gasteiger partial charge >= 0.3 is 0 Å². The molecule has 1 saturated carbocycles. The molecule has 1 aliphatic heterocycles. The average Bonchev–Trinajstić information content (AvgIpc) is 2.38. The SMILES string of the molecule is O=C(c1ccc(Br)cc1)N1CCN(C2CCC2)CC1. The van der Waals surface area contributed by atoms with Crippen LogP contribution in [0.1, 0.15) is 29.6 Å². The van der Waals surface area contributed by atoms with Gasteiger partial charge in [-0.1, -0.05) is 22.4 Å². The number of piperazine rings is 1. The molecule has 19 heavy (non-hydrogen) atoms. The zero-order valence-electron chi connectivity index (χ0n) is 11.0. The third kappa shape index (κ3) is 2.84. The number of benzene rings is 1. The van der Waals surface area contributed by atoms with Gasteiger partial charge in [-0.3, -0.25) is 9.69 Å². The van der Waals surface area contributed by atoms with Crippen molar-refractivity contribution in [2.24, 2.45) is 0 Å². The van der Waals surface area contributed by atoms with Crippen LogP contribution in [0.3, 0.4) is 0 Å². The predicted octanol–water partition coefficient (Wildman–Crippen LogP) is 2.76. The number of amides is 1. The molecule has 1 amide bonds. The van der Waals surface area contributed by atoms with E-state index >= 15 is 0 Å². The average molecular weight is 323 g/mol. The summed E-state index contributed by atoms with van der Waals surface area (Å²) in [7, 11) is 0. The van der Waals surface area contributed by atoms with E-state index in [0.717, 1.165) is 42.3 Å². The molecule has 0 unspecified atom stereocenters. The van der Waals surface area contributed by atoms with Crippen LogP contribution in [-0.4, -0.2) is 47.9 Å². The van der Waals surface area contributed by atoms with Gasteiger partial charge in [0.25, 0.3) is 5.91 Å². The first-order chi connectivity index (χ1) is 9.24. The summed E-state index contributed by atoms with van der Waals surface area (Å²) >= 11 is 3.40. The number of carbonyl (C=O) groups excluding carboxylic acids is 1. The summed E-state index contributed by atoms with van der Waals surface area (Å²) in [5.74, 6) is 0.167. The smallest absolute Gasteiger partial charge is 0.253 e. The lowest BCUT2D eigenvalue weighted by molar-refractivity contribution is 0.0455. The van der Waals surface area contributed by atoms with Crippen LogP contribution in [0, 0.1) is 0 Å². The highest BCUT2D eigenvalue weighted by molar-refractivity contribution is 9.10. The second-order valence-electron chi connectivity index (χ2n) is 5.42. The molecule has 3 rings (SSSR count). The van der Waals surface area contributed by atoms with E-state index in [2.05, 4.69) is 20.8 Å². The molecule has 0 spiro atoms. The molecule has 1 heterocycles. The van der Waals surface area contributed by atoms with Crippen molar-refractivity contribution in [3.8, 4) is 0 Å². The molecule has 0 aromatic heterocycles. The van der Waals surface area contributed by atoms with Gasteiger partial charge in [-0.05, 0) is 37.1 Å². The van der Waals surface area contributed by atoms with Crippen molar-refractivity contribution in [1.29, 1.82) is 0 Å². The van der Waals surface area contributed by atoms with Crippen molar-refractivity contribution >= 4 is 21.8 Å². The molecule has 1 aromatic carbocycles. The van der Waals surface area contributed by atoms with Gasteiger partial charge in [-0.2, -0.15) is 0 Å². The lowest BCUT2D eigenvalue weighted by Gasteiger charge is -2.42. The molecule has 2 fully saturated rings. The quantitative estimate of drug-likeness (QED) is 0.836. The Balaban J connectivity index is 1.58. The highest BCUT2D eigenvalue weighted by atomic mass is 79.9. The Morgan fingerprint density at radius 3 is 2.21 bits per heavy atom. The summed E-state index contributed by atoms with van der Waals surface area (Å²) in [5, 5.41) is 0. The number of rotatable bonds is 2. The van der Waals surface area contributed by atoms with Gasteiger partial charge in [0.05, 0.1) is 0 Å². The van der Waals surface area contributed by atoms with Crippen molar-refractivity contribution in [2.75, 3.05) is 26.2 Å². The molecule has 1 aliphatic carbocycles. The fraction of sp³-hybridized carbons (Fsp3) is 0.533.